The van der Waals surface area contributed by atoms with Crippen molar-refractivity contribution in [1.29, 1.82) is 0 Å². The van der Waals surface area contributed by atoms with Gasteiger partial charge in [0.15, 0.2) is 0 Å². The summed E-state index contributed by atoms with van der Waals surface area (Å²) in [5, 5.41) is 3.70. The Balaban J connectivity index is 1.69. The zero-order valence-electron chi connectivity index (χ0n) is 15.7. The molecule has 1 aromatic rings. The Labute approximate surface area is 158 Å². The second-order valence-electron chi connectivity index (χ2n) is 7.34. The van der Waals surface area contributed by atoms with E-state index >= 15 is 0 Å². The van der Waals surface area contributed by atoms with Gasteiger partial charge in [-0.05, 0) is 38.5 Å². The fraction of sp³-hybridized carbons (Fsp3) is 0.684. The Hall–Kier alpha value is -1.63. The molecule has 142 valence electrons. The average Bonchev–Trinajstić information content (AvgIpc) is 3.46. The van der Waals surface area contributed by atoms with E-state index in [9.17, 15) is 9.59 Å². The first-order valence-corrected chi connectivity index (χ1v) is 10.4. The smallest absolute Gasteiger partial charge is 0.342 e. The molecule has 2 atom stereocenters. The van der Waals surface area contributed by atoms with Crippen molar-refractivity contribution in [2.24, 2.45) is 5.92 Å². The van der Waals surface area contributed by atoms with E-state index in [4.69, 9.17) is 4.74 Å². The van der Waals surface area contributed by atoms with Crippen molar-refractivity contribution in [2.45, 2.75) is 69.4 Å². The first-order chi connectivity index (χ1) is 12.5. The number of nitrogens with one attached hydrogen (secondary N) is 1. The normalized spacial score (nSPS) is 22.7. The quantitative estimate of drug-likeness (QED) is 0.466. The molecule has 0 saturated heterocycles. The summed E-state index contributed by atoms with van der Waals surface area (Å²) in [4.78, 5) is 33.6. The summed E-state index contributed by atoms with van der Waals surface area (Å²) in [6.07, 6.45) is 6.80. The largest absolute Gasteiger partial charge is 0.465 e. The summed E-state index contributed by atoms with van der Waals surface area (Å²) >= 11 is 1.30. The highest BCUT2D eigenvalue weighted by Gasteiger charge is 2.30. The summed E-state index contributed by atoms with van der Waals surface area (Å²) in [5.74, 6) is 1.47. The number of thioether (sulfide) groups is 1. The van der Waals surface area contributed by atoms with E-state index in [1.54, 1.807) is 6.92 Å². The molecular formula is C19H27N3O3S. The monoisotopic (exact) mass is 377 g/mol. The third kappa shape index (κ3) is 4.55. The number of rotatable bonds is 6. The minimum absolute atomic E-state index is 0.00574. The molecule has 2 fully saturated rings. The highest BCUT2D eigenvalue weighted by molar-refractivity contribution is 8.00. The number of nitrogens with zero attached hydrogens (tertiary/aromatic N) is 2. The van der Waals surface area contributed by atoms with Gasteiger partial charge in [0.25, 0.3) is 0 Å². The van der Waals surface area contributed by atoms with Crippen molar-refractivity contribution in [1.82, 2.24) is 15.3 Å². The fourth-order valence-electron chi connectivity index (χ4n) is 3.45. The van der Waals surface area contributed by atoms with E-state index < -0.39 is 5.97 Å². The van der Waals surface area contributed by atoms with Crippen LogP contribution in [0.15, 0.2) is 5.03 Å². The van der Waals surface area contributed by atoms with Crippen molar-refractivity contribution in [3.8, 4) is 0 Å². The minimum Gasteiger partial charge on any atom is -0.465 e. The fourth-order valence-corrected chi connectivity index (χ4v) is 4.33. The SMILES string of the molecule is COC(=O)c1c(C)nc(C2CC2)nc1SCC(=O)N[C@H]1CCCC[C@@H]1C. The van der Waals surface area contributed by atoms with Crippen molar-refractivity contribution in [3.05, 3.63) is 17.1 Å². The molecule has 1 amide bonds. The molecule has 0 aliphatic heterocycles. The molecule has 0 radical (unpaired) electrons. The van der Waals surface area contributed by atoms with Gasteiger partial charge in [-0.3, -0.25) is 4.79 Å². The molecule has 0 bridgehead atoms. The summed E-state index contributed by atoms with van der Waals surface area (Å²) in [7, 11) is 1.35. The Morgan fingerprint density at radius 1 is 1.19 bits per heavy atom. The average molecular weight is 378 g/mol. The Morgan fingerprint density at radius 2 is 1.92 bits per heavy atom. The molecule has 1 N–H and O–H groups in total. The molecule has 0 spiro atoms. The van der Waals surface area contributed by atoms with Crippen LogP contribution in [0.1, 0.15) is 73.2 Å². The molecule has 26 heavy (non-hydrogen) atoms. The van der Waals surface area contributed by atoms with Crippen LogP contribution in [0.2, 0.25) is 0 Å². The van der Waals surface area contributed by atoms with Gasteiger partial charge in [-0.25, -0.2) is 14.8 Å². The Morgan fingerprint density at radius 3 is 2.58 bits per heavy atom. The van der Waals surface area contributed by atoms with Crippen molar-refractivity contribution in [2.75, 3.05) is 12.9 Å². The number of aryl methyl sites for hydroxylation is 1. The van der Waals surface area contributed by atoms with Gasteiger partial charge in [0.05, 0.1) is 18.6 Å². The number of aromatic nitrogens is 2. The number of ether oxygens (including phenoxy) is 1. The lowest BCUT2D eigenvalue weighted by molar-refractivity contribution is -0.119. The van der Waals surface area contributed by atoms with Gasteiger partial charge in [0.2, 0.25) is 5.91 Å². The molecule has 6 nitrogen and oxygen atoms in total. The van der Waals surface area contributed by atoms with Gasteiger partial charge >= 0.3 is 5.97 Å². The van der Waals surface area contributed by atoms with Gasteiger partial charge in [0, 0.05) is 12.0 Å². The number of hydrogen-bond donors (Lipinski definition) is 1. The molecular weight excluding hydrogens is 350 g/mol. The highest BCUT2D eigenvalue weighted by Crippen LogP contribution is 2.39. The van der Waals surface area contributed by atoms with Gasteiger partial charge < -0.3 is 10.1 Å². The van der Waals surface area contributed by atoms with E-state index in [-0.39, 0.29) is 17.7 Å². The first-order valence-electron chi connectivity index (χ1n) is 9.38. The maximum Gasteiger partial charge on any atom is 0.342 e. The second kappa shape index (κ2) is 8.37. The molecule has 7 heteroatoms. The summed E-state index contributed by atoms with van der Waals surface area (Å²) in [6.45, 7) is 4.00. The van der Waals surface area contributed by atoms with E-state index in [0.717, 1.165) is 25.1 Å². The molecule has 2 aliphatic carbocycles. The molecule has 0 unspecified atom stereocenters. The maximum absolute atomic E-state index is 12.4. The summed E-state index contributed by atoms with van der Waals surface area (Å²) in [5.41, 5.74) is 0.998. The standard InChI is InChI=1S/C19H27N3O3S/c1-11-6-4-5-7-14(11)21-15(23)10-26-18-16(19(24)25-3)12(2)20-17(22-18)13-8-9-13/h11,13-14H,4-10H2,1-3H3,(H,21,23)/t11-,14-/m0/s1. The minimum atomic E-state index is -0.450. The number of carbonyl (C=O) groups excluding carboxylic acids is 2. The Bertz CT molecular complexity index is 691. The highest BCUT2D eigenvalue weighted by atomic mass is 32.2. The topological polar surface area (TPSA) is 81.2 Å². The molecule has 3 rings (SSSR count). The van der Waals surface area contributed by atoms with Crippen molar-refractivity contribution >= 4 is 23.6 Å². The lowest BCUT2D eigenvalue weighted by atomic mass is 9.86. The van der Waals surface area contributed by atoms with Crippen LogP contribution in [-0.2, 0) is 9.53 Å². The van der Waals surface area contributed by atoms with Crippen LogP contribution in [0.5, 0.6) is 0 Å². The molecule has 2 aliphatic rings. The molecule has 2 saturated carbocycles. The number of methoxy groups -OCH3 is 1. The zero-order chi connectivity index (χ0) is 18.7. The van der Waals surface area contributed by atoms with Gasteiger partial charge in [-0.2, -0.15) is 0 Å². The predicted molar refractivity (Wildman–Crippen MR) is 100 cm³/mol. The van der Waals surface area contributed by atoms with Crippen LogP contribution in [-0.4, -0.2) is 40.7 Å². The zero-order valence-corrected chi connectivity index (χ0v) is 16.5. The van der Waals surface area contributed by atoms with Crippen LogP contribution in [0.3, 0.4) is 0 Å². The summed E-state index contributed by atoms with van der Waals surface area (Å²) in [6, 6.07) is 0.256. The third-order valence-corrected chi connectivity index (χ3v) is 6.18. The van der Waals surface area contributed by atoms with Crippen LogP contribution < -0.4 is 5.32 Å². The predicted octanol–water partition coefficient (Wildman–Crippen LogP) is 3.24. The van der Waals surface area contributed by atoms with E-state index in [0.29, 0.717) is 28.1 Å². The number of carbonyl (C=O) groups is 2. The number of amides is 1. The molecule has 1 aromatic heterocycles. The van der Waals surface area contributed by atoms with E-state index in [1.807, 2.05) is 0 Å². The third-order valence-electron chi connectivity index (χ3n) is 5.20. The van der Waals surface area contributed by atoms with Gasteiger partial charge in [0.1, 0.15) is 16.4 Å². The molecule has 1 heterocycles. The van der Waals surface area contributed by atoms with Gasteiger partial charge in [-0.1, -0.05) is 31.5 Å². The van der Waals surface area contributed by atoms with Crippen molar-refractivity contribution in [3.63, 3.8) is 0 Å². The number of esters is 1. The first kappa shape index (κ1) is 19.1. The summed E-state index contributed by atoms with van der Waals surface area (Å²) < 4.78 is 4.88. The van der Waals surface area contributed by atoms with Crippen LogP contribution >= 0.6 is 11.8 Å². The van der Waals surface area contributed by atoms with E-state index in [1.165, 1.54) is 38.1 Å². The van der Waals surface area contributed by atoms with E-state index in [2.05, 4.69) is 22.2 Å². The molecule has 0 aromatic carbocycles. The van der Waals surface area contributed by atoms with Crippen LogP contribution in [0.25, 0.3) is 0 Å². The van der Waals surface area contributed by atoms with Crippen molar-refractivity contribution < 1.29 is 14.3 Å². The second-order valence-corrected chi connectivity index (χ2v) is 8.30. The van der Waals surface area contributed by atoms with Gasteiger partial charge in [-0.15, -0.1) is 0 Å². The lowest BCUT2D eigenvalue weighted by Gasteiger charge is -2.29. The van der Waals surface area contributed by atoms with Crippen LogP contribution in [0.4, 0.5) is 0 Å². The van der Waals surface area contributed by atoms with Crippen LogP contribution in [0, 0.1) is 12.8 Å². The lowest BCUT2D eigenvalue weighted by Crippen LogP contribution is -2.41. The maximum atomic E-state index is 12.4. The number of hydrogen-bond acceptors (Lipinski definition) is 6. The Kier molecular flexibility index (Phi) is 6.16.